The molecule has 1 amide bonds. The highest BCUT2D eigenvalue weighted by Crippen LogP contribution is 2.63. The van der Waals surface area contributed by atoms with Gasteiger partial charge in [0.2, 0.25) is 5.78 Å². The Kier molecular flexibility index (Phi) is 7.18. The maximum absolute atomic E-state index is 14.6. The molecule has 0 spiro atoms. The van der Waals surface area contributed by atoms with Gasteiger partial charge in [-0.25, -0.2) is 0 Å². The SMILES string of the molecule is CN(C)[C@@H]1C(=O)C(C(N)=O)=C(O)[C@@]2(O)C(=O)C3=C(O)c4c(O)ccc(-c5ccc(CN6CCCC6)c6ccccc56)c4C[C@@]3(C)C[C@@]12C. The number of amides is 1. The summed E-state index contributed by atoms with van der Waals surface area (Å²) in [5, 5.41) is 48.9. The molecule has 0 aromatic heterocycles. The molecular formula is C38H41N3O7. The molecule has 48 heavy (non-hydrogen) atoms. The number of phenols is 1. The monoisotopic (exact) mass is 651 g/mol. The van der Waals surface area contributed by atoms with Gasteiger partial charge in [-0.1, -0.05) is 56.3 Å². The Morgan fingerprint density at radius 1 is 0.958 bits per heavy atom. The molecule has 10 nitrogen and oxygen atoms in total. The maximum atomic E-state index is 14.6. The van der Waals surface area contributed by atoms with Crippen LogP contribution < -0.4 is 5.73 Å². The van der Waals surface area contributed by atoms with Gasteiger partial charge in [0.05, 0.1) is 11.6 Å². The summed E-state index contributed by atoms with van der Waals surface area (Å²) >= 11 is 0. The standard InChI is InChI=1S/C38H41N3O7/c1-36-17-25-24(23-12-11-20(18-41-15-7-8-16-41)21-9-5-6-10-22(21)23)13-14-26(42)27(25)30(43)29(36)34(46)38(48)33(45)28(35(39)47)31(44)32(40(3)4)37(38,2)19-36/h5-6,9-14,32,42-43,45,48H,7-8,15-19H2,1-4H3,(H2,39,47)/t32-,36+,37+,38-/m1/s1. The molecule has 0 radical (unpaired) electrons. The van der Waals surface area contributed by atoms with Gasteiger partial charge in [-0.3, -0.25) is 24.2 Å². The number of hydrogen-bond donors (Lipinski definition) is 5. The summed E-state index contributed by atoms with van der Waals surface area (Å²) in [6.07, 6.45) is 2.53. The summed E-state index contributed by atoms with van der Waals surface area (Å²) in [7, 11) is 3.19. The van der Waals surface area contributed by atoms with Crippen LogP contribution in [0.4, 0.5) is 0 Å². The van der Waals surface area contributed by atoms with E-state index in [0.717, 1.165) is 41.5 Å². The van der Waals surface area contributed by atoms with Crippen LogP contribution in [0.3, 0.4) is 0 Å². The first-order valence-electron chi connectivity index (χ1n) is 16.4. The normalized spacial score (nSPS) is 29.0. The molecule has 4 aliphatic rings. The Morgan fingerprint density at radius 3 is 2.25 bits per heavy atom. The fourth-order valence-electron chi connectivity index (χ4n) is 9.49. The second-order valence-corrected chi connectivity index (χ2v) is 14.7. The van der Waals surface area contributed by atoms with Crippen molar-refractivity contribution < 1.29 is 34.8 Å². The minimum Gasteiger partial charge on any atom is -0.508 e. The smallest absolute Gasteiger partial charge is 0.255 e. The number of carbonyl (C=O) groups excluding carboxylic acids is 3. The van der Waals surface area contributed by atoms with Gasteiger partial charge >= 0.3 is 0 Å². The van der Waals surface area contributed by atoms with E-state index < -0.39 is 57.0 Å². The molecular weight excluding hydrogens is 610 g/mol. The minimum absolute atomic E-state index is 0.0314. The van der Waals surface area contributed by atoms with Gasteiger partial charge in [-0.15, -0.1) is 0 Å². The molecule has 250 valence electrons. The van der Waals surface area contributed by atoms with Gasteiger partial charge in [0, 0.05) is 22.9 Å². The molecule has 1 saturated heterocycles. The van der Waals surface area contributed by atoms with Crippen molar-refractivity contribution >= 4 is 34.0 Å². The molecule has 3 aromatic carbocycles. The molecule has 0 unspecified atom stereocenters. The van der Waals surface area contributed by atoms with E-state index in [1.54, 1.807) is 27.9 Å². The molecule has 3 aromatic rings. The lowest BCUT2D eigenvalue weighted by molar-refractivity contribution is -0.175. The van der Waals surface area contributed by atoms with Crippen LogP contribution in [0.1, 0.15) is 49.8 Å². The molecule has 7 rings (SSSR count). The molecule has 0 bridgehead atoms. The largest absolute Gasteiger partial charge is 0.508 e. The molecule has 3 aliphatic carbocycles. The highest BCUT2D eigenvalue weighted by Gasteiger charge is 2.72. The number of fused-ring (bicyclic) bond motifs is 4. The number of likely N-dealkylation sites (tertiary alicyclic amines) is 1. The van der Waals surface area contributed by atoms with Crippen LogP contribution in [-0.2, 0) is 27.3 Å². The average Bonchev–Trinajstić information content (AvgIpc) is 3.52. The summed E-state index contributed by atoms with van der Waals surface area (Å²) in [5.74, 6) is -4.97. The van der Waals surface area contributed by atoms with Crippen LogP contribution in [0.5, 0.6) is 5.75 Å². The summed E-state index contributed by atoms with van der Waals surface area (Å²) < 4.78 is 0. The number of aliphatic hydroxyl groups excluding tert-OH is 2. The third-order valence-electron chi connectivity index (χ3n) is 11.4. The van der Waals surface area contributed by atoms with E-state index in [4.69, 9.17) is 5.73 Å². The van der Waals surface area contributed by atoms with E-state index in [-0.39, 0.29) is 29.7 Å². The number of benzene rings is 3. The van der Waals surface area contributed by atoms with Gasteiger partial charge in [-0.05, 0) is 92.0 Å². The van der Waals surface area contributed by atoms with Gasteiger partial charge in [0.25, 0.3) is 5.91 Å². The second-order valence-electron chi connectivity index (χ2n) is 14.7. The van der Waals surface area contributed by atoms with E-state index in [0.29, 0.717) is 5.56 Å². The first-order valence-corrected chi connectivity index (χ1v) is 16.4. The number of primary amides is 1. The molecule has 4 atom stereocenters. The molecule has 6 N–H and O–H groups in total. The van der Waals surface area contributed by atoms with Crippen LogP contribution in [0.15, 0.2) is 65.4 Å². The third-order valence-corrected chi connectivity index (χ3v) is 11.4. The van der Waals surface area contributed by atoms with Crippen LogP contribution in [0.25, 0.3) is 27.7 Å². The lowest BCUT2D eigenvalue weighted by Gasteiger charge is -2.59. The number of carbonyl (C=O) groups is 3. The van der Waals surface area contributed by atoms with Gasteiger partial charge < -0.3 is 26.2 Å². The summed E-state index contributed by atoms with van der Waals surface area (Å²) in [5.41, 5.74) is 2.52. The number of phenolic OH excluding ortho intramolecular Hbond substituents is 1. The maximum Gasteiger partial charge on any atom is 0.255 e. The van der Waals surface area contributed by atoms with Crippen molar-refractivity contribution in [2.24, 2.45) is 16.6 Å². The lowest BCUT2D eigenvalue weighted by atomic mass is 9.46. The highest BCUT2D eigenvalue weighted by atomic mass is 16.3. The van der Waals surface area contributed by atoms with E-state index in [9.17, 15) is 34.8 Å². The fourth-order valence-corrected chi connectivity index (χ4v) is 9.49. The number of nitrogens with zero attached hydrogens (tertiary/aromatic N) is 2. The van der Waals surface area contributed by atoms with E-state index in [1.165, 1.54) is 29.4 Å². The predicted molar refractivity (Wildman–Crippen MR) is 181 cm³/mol. The first kappa shape index (κ1) is 32.1. The first-order chi connectivity index (χ1) is 22.7. The van der Waals surface area contributed by atoms with Crippen LogP contribution >= 0.6 is 0 Å². The Hall–Kier alpha value is -4.51. The molecule has 1 heterocycles. The molecule has 10 heteroatoms. The van der Waals surface area contributed by atoms with Crippen LogP contribution in [-0.4, -0.2) is 86.5 Å². The number of hydrogen-bond acceptors (Lipinski definition) is 9. The number of nitrogens with two attached hydrogens (primary N) is 1. The number of likely N-dealkylation sites (N-methyl/N-ethyl adjacent to an activating group) is 1. The zero-order chi connectivity index (χ0) is 34.5. The molecule has 1 aliphatic heterocycles. The fraction of sp³-hybridized carbons (Fsp3) is 0.395. The van der Waals surface area contributed by atoms with E-state index in [2.05, 4.69) is 29.2 Å². The van der Waals surface area contributed by atoms with E-state index >= 15 is 0 Å². The predicted octanol–water partition coefficient (Wildman–Crippen LogP) is 4.16. The number of rotatable bonds is 5. The quantitative estimate of drug-likeness (QED) is 0.255. The summed E-state index contributed by atoms with van der Waals surface area (Å²) in [6.45, 7) is 6.31. The average molecular weight is 652 g/mol. The number of aromatic hydroxyl groups is 1. The van der Waals surface area contributed by atoms with Crippen molar-refractivity contribution in [1.82, 2.24) is 9.80 Å². The Labute approximate surface area is 278 Å². The van der Waals surface area contributed by atoms with E-state index in [1.807, 2.05) is 18.2 Å². The summed E-state index contributed by atoms with van der Waals surface area (Å²) in [6, 6.07) is 14.5. The van der Waals surface area contributed by atoms with Crippen molar-refractivity contribution in [3.63, 3.8) is 0 Å². The lowest BCUT2D eigenvalue weighted by Crippen LogP contribution is -2.72. The Bertz CT molecular complexity index is 2010. The van der Waals surface area contributed by atoms with Gasteiger partial charge in [-0.2, -0.15) is 0 Å². The van der Waals surface area contributed by atoms with Crippen LogP contribution in [0, 0.1) is 10.8 Å². The van der Waals surface area contributed by atoms with Crippen LogP contribution in [0.2, 0.25) is 0 Å². The third kappa shape index (κ3) is 4.18. The van der Waals surface area contributed by atoms with Crippen molar-refractivity contribution in [2.45, 2.75) is 57.7 Å². The Morgan fingerprint density at radius 2 is 1.60 bits per heavy atom. The Balaban J connectivity index is 1.44. The molecule has 2 fully saturated rings. The van der Waals surface area contributed by atoms with Gasteiger partial charge in [0.1, 0.15) is 22.8 Å². The van der Waals surface area contributed by atoms with Crippen molar-refractivity contribution in [2.75, 3.05) is 27.2 Å². The zero-order valence-electron chi connectivity index (χ0n) is 27.6. The van der Waals surface area contributed by atoms with Crippen molar-refractivity contribution in [3.8, 4) is 16.9 Å². The zero-order valence-corrected chi connectivity index (χ0v) is 27.6. The number of aliphatic hydroxyl groups is 3. The van der Waals surface area contributed by atoms with Gasteiger partial charge in [0.15, 0.2) is 11.4 Å². The highest BCUT2D eigenvalue weighted by molar-refractivity contribution is 6.25. The second kappa shape index (κ2) is 10.7. The number of Topliss-reactive ketones (excluding diaryl/α,β-unsaturated/α-hetero) is 2. The number of ketones is 2. The molecule has 1 saturated carbocycles. The summed E-state index contributed by atoms with van der Waals surface area (Å²) in [4.78, 5) is 44.7. The minimum atomic E-state index is -2.75. The van der Waals surface area contributed by atoms with Crippen molar-refractivity contribution in [3.05, 3.63) is 82.1 Å². The topological polar surface area (TPSA) is 165 Å². The van der Waals surface area contributed by atoms with Crippen molar-refractivity contribution in [1.29, 1.82) is 0 Å².